The largest absolute Gasteiger partial charge is 0.355 e. The molecule has 2 rings (SSSR count). The predicted octanol–water partition coefficient (Wildman–Crippen LogP) is 5.22. The second-order valence-corrected chi connectivity index (χ2v) is 8.20. The van der Waals surface area contributed by atoms with Crippen molar-refractivity contribution in [3.05, 3.63) is 64.1 Å². The molecule has 0 unspecified atom stereocenters. The Balaban J connectivity index is 1.88. The van der Waals surface area contributed by atoms with Gasteiger partial charge in [-0.25, -0.2) is 0 Å². The zero-order chi connectivity index (χ0) is 16.9. The Morgan fingerprint density at radius 3 is 2.39 bits per heavy atom. The summed E-state index contributed by atoms with van der Waals surface area (Å²) in [5.41, 5.74) is 1.04. The minimum absolute atomic E-state index is 0.00417. The van der Waals surface area contributed by atoms with E-state index >= 15 is 0 Å². The van der Waals surface area contributed by atoms with Crippen LogP contribution in [0.3, 0.4) is 0 Å². The molecule has 0 heterocycles. The van der Waals surface area contributed by atoms with E-state index in [0.717, 1.165) is 15.5 Å². The number of thioether (sulfide) groups is 1. The molecule has 1 amide bonds. The summed E-state index contributed by atoms with van der Waals surface area (Å²) in [5, 5.41) is 4.41. The van der Waals surface area contributed by atoms with Crippen LogP contribution in [0.15, 0.2) is 53.4 Å². The molecule has 5 heteroatoms. The Morgan fingerprint density at radius 2 is 1.74 bits per heavy atom. The summed E-state index contributed by atoms with van der Waals surface area (Å²) in [6, 6.07) is 15.2. The summed E-state index contributed by atoms with van der Waals surface area (Å²) in [6.07, 6.45) is 0.715. The summed E-state index contributed by atoms with van der Waals surface area (Å²) < 4.78 is -0.561. The van der Waals surface area contributed by atoms with Gasteiger partial charge in [-0.05, 0) is 56.2 Å². The van der Waals surface area contributed by atoms with Crippen LogP contribution < -0.4 is 5.32 Å². The molecule has 0 aromatic heterocycles. The fourth-order valence-electron chi connectivity index (χ4n) is 2.07. The molecule has 122 valence electrons. The first-order valence-corrected chi connectivity index (χ1v) is 8.92. The molecule has 0 atom stereocenters. The summed E-state index contributed by atoms with van der Waals surface area (Å²) in [5.74, 6) is 0.00417. The van der Waals surface area contributed by atoms with Gasteiger partial charge in [-0.15, -0.1) is 11.8 Å². The van der Waals surface area contributed by atoms with E-state index in [-0.39, 0.29) is 5.91 Å². The van der Waals surface area contributed by atoms with Gasteiger partial charge < -0.3 is 5.32 Å². The number of rotatable bonds is 6. The Morgan fingerprint density at radius 1 is 1.09 bits per heavy atom. The summed E-state index contributed by atoms with van der Waals surface area (Å²) >= 11 is 13.5. The molecule has 0 bridgehead atoms. The standard InChI is InChI=1S/C18H19Cl2NOS/c1-18(2,23-15-9-7-14(19)8-10-15)17(22)21-12-11-13-5-3-4-6-16(13)20/h3-10H,11-12H2,1-2H3,(H,21,22). The minimum atomic E-state index is -0.561. The van der Waals surface area contributed by atoms with Crippen LogP contribution in [0, 0.1) is 0 Å². The summed E-state index contributed by atoms with van der Waals surface area (Å²) in [6.45, 7) is 4.39. The van der Waals surface area contributed by atoms with Crippen molar-refractivity contribution in [1.82, 2.24) is 5.32 Å². The van der Waals surface area contributed by atoms with Crippen molar-refractivity contribution in [2.24, 2.45) is 0 Å². The molecule has 0 aliphatic heterocycles. The van der Waals surface area contributed by atoms with Gasteiger partial charge in [0.2, 0.25) is 5.91 Å². The molecule has 0 saturated carbocycles. The maximum atomic E-state index is 12.4. The van der Waals surface area contributed by atoms with Gasteiger partial charge in [0.05, 0.1) is 4.75 Å². The van der Waals surface area contributed by atoms with Gasteiger partial charge in [0.15, 0.2) is 0 Å². The summed E-state index contributed by atoms with van der Waals surface area (Å²) in [4.78, 5) is 13.4. The molecule has 2 aromatic carbocycles. The SMILES string of the molecule is CC(C)(Sc1ccc(Cl)cc1)C(=O)NCCc1ccccc1Cl. The molecular formula is C18H19Cl2NOS. The molecule has 0 aliphatic rings. The van der Waals surface area contributed by atoms with Gasteiger partial charge in [0, 0.05) is 21.5 Å². The zero-order valence-corrected chi connectivity index (χ0v) is 15.4. The van der Waals surface area contributed by atoms with Gasteiger partial charge in [0.25, 0.3) is 0 Å². The Labute approximate surface area is 151 Å². The average molecular weight is 368 g/mol. The van der Waals surface area contributed by atoms with Gasteiger partial charge in [-0.3, -0.25) is 4.79 Å². The lowest BCUT2D eigenvalue weighted by molar-refractivity contribution is -0.122. The summed E-state index contributed by atoms with van der Waals surface area (Å²) in [7, 11) is 0. The Hall–Kier alpha value is -1.16. The van der Waals surface area contributed by atoms with Crippen LogP contribution in [0.2, 0.25) is 10.0 Å². The van der Waals surface area contributed by atoms with Crippen molar-refractivity contribution in [3.8, 4) is 0 Å². The number of amides is 1. The first-order valence-electron chi connectivity index (χ1n) is 7.35. The highest BCUT2D eigenvalue weighted by Crippen LogP contribution is 2.33. The molecule has 0 spiro atoms. The Kier molecular flexibility index (Phi) is 6.40. The number of benzene rings is 2. The number of carbonyl (C=O) groups is 1. The van der Waals surface area contributed by atoms with E-state index in [1.54, 1.807) is 0 Å². The van der Waals surface area contributed by atoms with Crippen molar-refractivity contribution >= 4 is 40.9 Å². The second kappa shape index (κ2) is 8.09. The van der Waals surface area contributed by atoms with Crippen LogP contribution in [-0.2, 0) is 11.2 Å². The number of carbonyl (C=O) groups excluding carboxylic acids is 1. The fraction of sp³-hybridized carbons (Fsp3) is 0.278. The minimum Gasteiger partial charge on any atom is -0.355 e. The van der Waals surface area contributed by atoms with Crippen molar-refractivity contribution in [2.75, 3.05) is 6.54 Å². The lowest BCUT2D eigenvalue weighted by Crippen LogP contribution is -2.40. The predicted molar refractivity (Wildman–Crippen MR) is 99.6 cm³/mol. The number of halogens is 2. The maximum Gasteiger partial charge on any atom is 0.236 e. The number of hydrogen-bond donors (Lipinski definition) is 1. The quantitative estimate of drug-likeness (QED) is 0.708. The molecule has 0 fully saturated rings. The average Bonchev–Trinajstić information content (AvgIpc) is 2.51. The highest BCUT2D eigenvalue weighted by Gasteiger charge is 2.28. The van der Waals surface area contributed by atoms with Gasteiger partial charge in [-0.1, -0.05) is 41.4 Å². The van der Waals surface area contributed by atoms with Gasteiger partial charge >= 0.3 is 0 Å². The normalized spacial score (nSPS) is 11.3. The monoisotopic (exact) mass is 367 g/mol. The van der Waals surface area contributed by atoms with E-state index in [4.69, 9.17) is 23.2 Å². The number of nitrogens with one attached hydrogen (secondary N) is 1. The highest BCUT2D eigenvalue weighted by atomic mass is 35.5. The third-order valence-corrected chi connectivity index (χ3v) is 5.20. The van der Waals surface area contributed by atoms with Crippen LogP contribution >= 0.6 is 35.0 Å². The van der Waals surface area contributed by atoms with E-state index in [9.17, 15) is 4.79 Å². The van der Waals surface area contributed by atoms with E-state index in [1.165, 1.54) is 11.8 Å². The van der Waals surface area contributed by atoms with Crippen LogP contribution in [-0.4, -0.2) is 17.2 Å². The third kappa shape index (κ3) is 5.45. The molecule has 0 saturated heterocycles. The lowest BCUT2D eigenvalue weighted by atomic mass is 10.1. The van der Waals surface area contributed by atoms with Crippen LogP contribution in [0.4, 0.5) is 0 Å². The van der Waals surface area contributed by atoms with Crippen LogP contribution in [0.25, 0.3) is 0 Å². The van der Waals surface area contributed by atoms with Crippen molar-refractivity contribution in [1.29, 1.82) is 0 Å². The molecular weight excluding hydrogens is 349 g/mol. The Bertz CT molecular complexity index is 671. The number of hydrogen-bond acceptors (Lipinski definition) is 2. The van der Waals surface area contributed by atoms with E-state index in [1.807, 2.05) is 62.4 Å². The zero-order valence-electron chi connectivity index (χ0n) is 13.1. The second-order valence-electron chi connectivity index (χ2n) is 5.66. The first kappa shape index (κ1) is 18.2. The third-order valence-electron chi connectivity index (χ3n) is 3.37. The van der Waals surface area contributed by atoms with E-state index in [0.29, 0.717) is 18.0 Å². The van der Waals surface area contributed by atoms with Crippen molar-refractivity contribution < 1.29 is 4.79 Å². The molecule has 0 radical (unpaired) electrons. The first-order chi connectivity index (χ1) is 10.9. The molecule has 23 heavy (non-hydrogen) atoms. The molecule has 0 aliphatic carbocycles. The maximum absolute atomic E-state index is 12.4. The van der Waals surface area contributed by atoms with E-state index in [2.05, 4.69) is 5.32 Å². The van der Waals surface area contributed by atoms with Crippen molar-refractivity contribution in [3.63, 3.8) is 0 Å². The van der Waals surface area contributed by atoms with Gasteiger partial charge in [-0.2, -0.15) is 0 Å². The topological polar surface area (TPSA) is 29.1 Å². The fourth-order valence-corrected chi connectivity index (χ4v) is 3.45. The molecule has 2 nitrogen and oxygen atoms in total. The van der Waals surface area contributed by atoms with Crippen LogP contribution in [0.1, 0.15) is 19.4 Å². The van der Waals surface area contributed by atoms with Crippen LogP contribution in [0.5, 0.6) is 0 Å². The van der Waals surface area contributed by atoms with Crippen molar-refractivity contribution in [2.45, 2.75) is 29.9 Å². The lowest BCUT2D eigenvalue weighted by Gasteiger charge is -2.23. The van der Waals surface area contributed by atoms with Gasteiger partial charge in [0.1, 0.15) is 0 Å². The highest BCUT2D eigenvalue weighted by molar-refractivity contribution is 8.01. The molecule has 2 aromatic rings. The smallest absolute Gasteiger partial charge is 0.236 e. The molecule has 1 N–H and O–H groups in total. The van der Waals surface area contributed by atoms with E-state index < -0.39 is 4.75 Å².